The van der Waals surface area contributed by atoms with Crippen LogP contribution in [0.5, 0.6) is 0 Å². The summed E-state index contributed by atoms with van der Waals surface area (Å²) >= 11 is 0. The highest BCUT2D eigenvalue weighted by Gasteiger charge is 2.22. The number of fused-ring (bicyclic) bond motifs is 1. The van der Waals surface area contributed by atoms with Gasteiger partial charge in [-0.15, -0.1) is 0 Å². The Bertz CT molecular complexity index is 705. The second kappa shape index (κ2) is 12.1. The SMILES string of the molecule is CCN(CCO)C(=O)c1ccc2c(c1)CN(C(C)C)CCCCCCCN2C(C)=O. The van der Waals surface area contributed by atoms with E-state index in [0.29, 0.717) is 37.8 Å². The van der Waals surface area contributed by atoms with Crippen LogP contribution in [0.3, 0.4) is 0 Å². The Balaban J connectivity index is 2.47. The zero-order valence-corrected chi connectivity index (χ0v) is 19.2. The Kier molecular flexibility index (Phi) is 9.79. The standard InChI is InChI=1S/C24H39N3O3/c1-5-25(15-16-28)24(30)21-11-12-23-22(17-21)18-26(19(2)3)13-9-7-6-8-10-14-27(23)20(4)29/h11-12,17,19,28H,5-10,13-16,18H2,1-4H3. The normalized spacial score (nSPS) is 16.5. The van der Waals surface area contributed by atoms with Gasteiger partial charge in [-0.05, 0) is 63.9 Å². The van der Waals surface area contributed by atoms with E-state index < -0.39 is 0 Å². The summed E-state index contributed by atoms with van der Waals surface area (Å²) in [5.41, 5.74) is 2.55. The third-order valence-electron chi connectivity index (χ3n) is 5.97. The first-order valence-corrected chi connectivity index (χ1v) is 11.4. The number of benzene rings is 1. The van der Waals surface area contributed by atoms with Crippen LogP contribution < -0.4 is 4.90 Å². The molecule has 1 aliphatic heterocycles. The maximum absolute atomic E-state index is 13.0. The molecule has 0 atom stereocenters. The van der Waals surface area contributed by atoms with Crippen LogP contribution >= 0.6 is 0 Å². The molecule has 0 spiro atoms. The van der Waals surface area contributed by atoms with Crippen LogP contribution in [-0.4, -0.2) is 65.5 Å². The lowest BCUT2D eigenvalue weighted by atomic mass is 10.0. The summed E-state index contributed by atoms with van der Waals surface area (Å²) in [5.74, 6) is -0.0371. The number of likely N-dealkylation sites (N-methyl/N-ethyl adjacent to an activating group) is 1. The van der Waals surface area contributed by atoms with Crippen molar-refractivity contribution in [2.75, 3.05) is 37.7 Å². The molecule has 30 heavy (non-hydrogen) atoms. The molecule has 6 nitrogen and oxygen atoms in total. The maximum Gasteiger partial charge on any atom is 0.253 e. The minimum absolute atomic E-state index is 0.0407. The number of nitrogens with zero attached hydrogens (tertiary/aromatic N) is 3. The summed E-state index contributed by atoms with van der Waals surface area (Å²) in [6, 6.07) is 6.09. The Morgan fingerprint density at radius 2 is 1.77 bits per heavy atom. The predicted molar refractivity (Wildman–Crippen MR) is 122 cm³/mol. The highest BCUT2D eigenvalue weighted by molar-refractivity contribution is 5.97. The molecular weight excluding hydrogens is 378 g/mol. The van der Waals surface area contributed by atoms with Gasteiger partial charge >= 0.3 is 0 Å². The second-order valence-electron chi connectivity index (χ2n) is 8.45. The summed E-state index contributed by atoms with van der Waals surface area (Å²) in [4.78, 5) is 31.4. The highest BCUT2D eigenvalue weighted by Crippen LogP contribution is 2.27. The lowest BCUT2D eigenvalue weighted by molar-refractivity contribution is -0.116. The molecule has 6 heteroatoms. The maximum atomic E-state index is 13.0. The Morgan fingerprint density at radius 1 is 1.10 bits per heavy atom. The molecule has 0 fully saturated rings. The van der Waals surface area contributed by atoms with Gasteiger partial charge in [0.05, 0.1) is 6.61 Å². The first-order valence-electron chi connectivity index (χ1n) is 11.4. The number of amides is 2. The lowest BCUT2D eigenvalue weighted by Crippen LogP contribution is -2.36. The van der Waals surface area contributed by atoms with E-state index in [1.165, 1.54) is 19.3 Å². The number of aliphatic hydroxyl groups excluding tert-OH is 1. The van der Waals surface area contributed by atoms with Crippen LogP contribution in [0.1, 0.15) is 75.7 Å². The summed E-state index contributed by atoms with van der Waals surface area (Å²) in [7, 11) is 0. The topological polar surface area (TPSA) is 64.1 Å². The van der Waals surface area contributed by atoms with Gasteiger partial charge in [-0.1, -0.05) is 19.3 Å². The fourth-order valence-corrected chi connectivity index (χ4v) is 4.12. The average molecular weight is 418 g/mol. The Morgan fingerprint density at radius 3 is 2.37 bits per heavy atom. The smallest absolute Gasteiger partial charge is 0.253 e. The summed E-state index contributed by atoms with van der Waals surface area (Å²) in [6.45, 7) is 11.2. The van der Waals surface area contributed by atoms with Crippen LogP contribution in [-0.2, 0) is 11.3 Å². The molecule has 0 unspecified atom stereocenters. The van der Waals surface area contributed by atoms with E-state index >= 15 is 0 Å². The monoisotopic (exact) mass is 417 g/mol. The second-order valence-corrected chi connectivity index (χ2v) is 8.45. The van der Waals surface area contributed by atoms with Crippen molar-refractivity contribution < 1.29 is 14.7 Å². The molecule has 1 aromatic rings. The van der Waals surface area contributed by atoms with Crippen molar-refractivity contribution in [1.29, 1.82) is 0 Å². The first-order chi connectivity index (χ1) is 14.4. The van der Waals surface area contributed by atoms with Crippen molar-refractivity contribution in [2.45, 2.75) is 72.4 Å². The molecule has 0 aromatic heterocycles. The van der Waals surface area contributed by atoms with Gasteiger partial charge in [0.25, 0.3) is 5.91 Å². The van der Waals surface area contributed by atoms with Gasteiger partial charge in [-0.3, -0.25) is 14.5 Å². The number of carbonyl (C=O) groups excluding carboxylic acids is 2. The van der Waals surface area contributed by atoms with E-state index in [9.17, 15) is 14.7 Å². The number of hydrogen-bond acceptors (Lipinski definition) is 4. The molecule has 0 aliphatic carbocycles. The predicted octanol–water partition coefficient (Wildman–Crippen LogP) is 3.67. The van der Waals surface area contributed by atoms with Gasteiger partial charge in [-0.25, -0.2) is 0 Å². The first kappa shape index (κ1) is 24.4. The zero-order chi connectivity index (χ0) is 22.1. The van der Waals surface area contributed by atoms with Gasteiger partial charge in [0.1, 0.15) is 0 Å². The van der Waals surface area contributed by atoms with E-state index in [1.807, 2.05) is 30.0 Å². The molecule has 1 aromatic carbocycles. The lowest BCUT2D eigenvalue weighted by Gasteiger charge is -2.31. The third kappa shape index (κ3) is 6.54. The van der Waals surface area contributed by atoms with E-state index in [4.69, 9.17) is 0 Å². The van der Waals surface area contributed by atoms with Crippen LogP contribution in [0.4, 0.5) is 5.69 Å². The van der Waals surface area contributed by atoms with E-state index in [0.717, 1.165) is 30.6 Å². The van der Waals surface area contributed by atoms with Crippen molar-refractivity contribution in [3.63, 3.8) is 0 Å². The minimum atomic E-state index is -0.0778. The molecule has 1 N–H and O–H groups in total. The average Bonchev–Trinajstić information content (AvgIpc) is 2.71. The van der Waals surface area contributed by atoms with E-state index in [1.54, 1.807) is 11.8 Å². The quantitative estimate of drug-likeness (QED) is 0.794. The van der Waals surface area contributed by atoms with Gasteiger partial charge in [0, 0.05) is 50.4 Å². The van der Waals surface area contributed by atoms with Gasteiger partial charge in [0.15, 0.2) is 0 Å². The summed E-state index contributed by atoms with van der Waals surface area (Å²) in [6.07, 6.45) is 5.71. The number of carbonyl (C=O) groups is 2. The van der Waals surface area contributed by atoms with Crippen LogP contribution in [0, 0.1) is 0 Å². The van der Waals surface area contributed by atoms with Crippen molar-refractivity contribution in [1.82, 2.24) is 9.80 Å². The molecule has 0 saturated carbocycles. The molecule has 1 heterocycles. The number of hydrogen-bond donors (Lipinski definition) is 1. The van der Waals surface area contributed by atoms with Crippen molar-refractivity contribution in [3.8, 4) is 0 Å². The minimum Gasteiger partial charge on any atom is -0.395 e. The van der Waals surface area contributed by atoms with E-state index in [2.05, 4.69) is 18.7 Å². The molecule has 0 radical (unpaired) electrons. The van der Waals surface area contributed by atoms with E-state index in [-0.39, 0.29) is 18.4 Å². The van der Waals surface area contributed by atoms with Crippen molar-refractivity contribution >= 4 is 17.5 Å². The zero-order valence-electron chi connectivity index (χ0n) is 19.2. The Hall–Kier alpha value is -1.92. The number of aliphatic hydroxyl groups is 1. The molecular formula is C24H39N3O3. The van der Waals surface area contributed by atoms with Gasteiger partial charge < -0.3 is 14.9 Å². The van der Waals surface area contributed by atoms with Gasteiger partial charge in [-0.2, -0.15) is 0 Å². The van der Waals surface area contributed by atoms with Crippen LogP contribution in [0.2, 0.25) is 0 Å². The fourth-order valence-electron chi connectivity index (χ4n) is 4.12. The van der Waals surface area contributed by atoms with Crippen molar-refractivity contribution in [3.05, 3.63) is 29.3 Å². The molecule has 2 amide bonds. The summed E-state index contributed by atoms with van der Waals surface area (Å²) in [5, 5.41) is 9.28. The van der Waals surface area contributed by atoms with Crippen LogP contribution in [0.15, 0.2) is 18.2 Å². The molecule has 1 aliphatic rings. The Labute approximate surface area is 181 Å². The number of rotatable bonds is 5. The highest BCUT2D eigenvalue weighted by atomic mass is 16.3. The van der Waals surface area contributed by atoms with Gasteiger partial charge in [0.2, 0.25) is 5.91 Å². The molecule has 2 rings (SSSR count). The molecule has 168 valence electrons. The number of anilines is 1. The van der Waals surface area contributed by atoms with Crippen LogP contribution in [0.25, 0.3) is 0 Å². The third-order valence-corrected chi connectivity index (χ3v) is 5.97. The fraction of sp³-hybridized carbons (Fsp3) is 0.667. The van der Waals surface area contributed by atoms with Crippen molar-refractivity contribution in [2.24, 2.45) is 0 Å². The summed E-state index contributed by atoms with van der Waals surface area (Å²) < 4.78 is 0. The molecule has 0 bridgehead atoms. The largest absolute Gasteiger partial charge is 0.395 e. The molecule has 0 saturated heterocycles.